The number of hydrogen-bond acceptors (Lipinski definition) is 4. The summed E-state index contributed by atoms with van der Waals surface area (Å²) in [5, 5.41) is 3.39. The van der Waals surface area contributed by atoms with Crippen LogP contribution in [0.3, 0.4) is 0 Å². The second-order valence-electron chi connectivity index (χ2n) is 7.28. The highest BCUT2D eigenvalue weighted by Gasteiger charge is 2.22. The lowest BCUT2D eigenvalue weighted by Gasteiger charge is -2.28. The van der Waals surface area contributed by atoms with E-state index in [1.165, 1.54) is 12.1 Å². The molecule has 2 aliphatic heterocycles. The van der Waals surface area contributed by atoms with Crippen molar-refractivity contribution in [3.63, 3.8) is 0 Å². The lowest BCUT2D eigenvalue weighted by Crippen LogP contribution is -2.38. The molecule has 27 heavy (non-hydrogen) atoms. The van der Waals surface area contributed by atoms with Crippen molar-refractivity contribution >= 4 is 0 Å². The molecule has 2 aliphatic rings. The Morgan fingerprint density at radius 1 is 1.07 bits per heavy atom. The summed E-state index contributed by atoms with van der Waals surface area (Å²) in [5.74, 6) is -0.206. The van der Waals surface area contributed by atoms with Crippen LogP contribution >= 0.6 is 0 Å². The van der Waals surface area contributed by atoms with E-state index in [9.17, 15) is 8.78 Å². The molecule has 0 amide bonds. The summed E-state index contributed by atoms with van der Waals surface area (Å²) in [6.07, 6.45) is 4.09. The Hall–Kier alpha value is -1.83. The van der Waals surface area contributed by atoms with Gasteiger partial charge in [-0.1, -0.05) is 0 Å². The fourth-order valence-corrected chi connectivity index (χ4v) is 3.88. The molecule has 0 unspecified atom stereocenters. The molecule has 2 aromatic rings. The lowest BCUT2D eigenvalue weighted by molar-refractivity contribution is 0.0362. The van der Waals surface area contributed by atoms with Crippen LogP contribution in [-0.4, -0.2) is 60.4 Å². The van der Waals surface area contributed by atoms with Gasteiger partial charge < -0.3 is 14.6 Å². The van der Waals surface area contributed by atoms with Gasteiger partial charge in [-0.15, -0.1) is 0 Å². The molecule has 0 aliphatic carbocycles. The Labute approximate surface area is 158 Å². The minimum Gasteiger partial charge on any atom is -0.379 e. The molecule has 5 nitrogen and oxygen atoms in total. The number of imidazole rings is 1. The molecule has 1 aromatic heterocycles. The first-order chi connectivity index (χ1) is 13.2. The number of nitrogens with one attached hydrogen (secondary N) is 1. The molecule has 0 bridgehead atoms. The molecule has 0 saturated carbocycles. The summed E-state index contributed by atoms with van der Waals surface area (Å²) in [6, 6.07) is 4.00. The molecule has 0 atom stereocenters. The molecular formula is C20H26F2N4O. The van der Waals surface area contributed by atoms with Gasteiger partial charge in [-0.3, -0.25) is 4.90 Å². The normalized spacial score (nSPS) is 19.5. The van der Waals surface area contributed by atoms with Crippen molar-refractivity contribution in [3.8, 4) is 11.3 Å². The SMILES string of the molecule is Fc1ccc(-c2cn(CCN3CCOCC3)c(C3CCNCC3)n2)cc1F. The van der Waals surface area contributed by atoms with Crippen molar-refractivity contribution in [1.29, 1.82) is 0 Å². The maximum Gasteiger partial charge on any atom is 0.159 e. The minimum atomic E-state index is -0.834. The van der Waals surface area contributed by atoms with Gasteiger partial charge in [0.1, 0.15) is 5.82 Å². The summed E-state index contributed by atoms with van der Waals surface area (Å²) in [7, 11) is 0. The van der Waals surface area contributed by atoms with Gasteiger partial charge in [0.2, 0.25) is 0 Å². The summed E-state index contributed by atoms with van der Waals surface area (Å²) in [5.41, 5.74) is 1.33. The summed E-state index contributed by atoms with van der Waals surface area (Å²) in [4.78, 5) is 7.24. The first-order valence-corrected chi connectivity index (χ1v) is 9.74. The summed E-state index contributed by atoms with van der Waals surface area (Å²) >= 11 is 0. The third-order valence-electron chi connectivity index (χ3n) is 5.49. The topological polar surface area (TPSA) is 42.3 Å². The molecule has 2 saturated heterocycles. The van der Waals surface area contributed by atoms with E-state index in [2.05, 4.69) is 14.8 Å². The van der Waals surface area contributed by atoms with Crippen molar-refractivity contribution in [1.82, 2.24) is 19.8 Å². The van der Waals surface area contributed by atoms with E-state index >= 15 is 0 Å². The van der Waals surface area contributed by atoms with Gasteiger partial charge >= 0.3 is 0 Å². The molecule has 0 spiro atoms. The Kier molecular flexibility index (Phi) is 5.80. The van der Waals surface area contributed by atoms with E-state index in [0.717, 1.165) is 71.1 Å². The largest absolute Gasteiger partial charge is 0.379 e. The standard InChI is InChI=1S/C20H26F2N4O/c21-17-2-1-16(13-18(17)22)19-14-26(8-7-25-9-11-27-12-10-25)20(24-19)15-3-5-23-6-4-15/h1-2,13-15,23H,3-12H2. The molecule has 1 N–H and O–H groups in total. The van der Waals surface area contributed by atoms with Gasteiger partial charge in [-0.25, -0.2) is 13.8 Å². The summed E-state index contributed by atoms with van der Waals surface area (Å²) in [6.45, 7) is 7.23. The van der Waals surface area contributed by atoms with Crippen LogP contribution in [0.25, 0.3) is 11.3 Å². The predicted octanol–water partition coefficient (Wildman–Crippen LogP) is 2.63. The van der Waals surface area contributed by atoms with Crippen LogP contribution in [0.2, 0.25) is 0 Å². The van der Waals surface area contributed by atoms with E-state index < -0.39 is 11.6 Å². The van der Waals surface area contributed by atoms with Gasteiger partial charge in [0.05, 0.1) is 18.9 Å². The number of halogens is 2. The van der Waals surface area contributed by atoms with Crippen molar-refractivity contribution in [3.05, 3.63) is 41.9 Å². The van der Waals surface area contributed by atoms with Crippen LogP contribution in [0.5, 0.6) is 0 Å². The second kappa shape index (κ2) is 8.46. The van der Waals surface area contributed by atoms with Crippen molar-refractivity contribution in [2.45, 2.75) is 25.3 Å². The van der Waals surface area contributed by atoms with E-state index in [-0.39, 0.29) is 0 Å². The first-order valence-electron chi connectivity index (χ1n) is 9.74. The minimum absolute atomic E-state index is 0.398. The van der Waals surface area contributed by atoms with Crippen LogP contribution in [0.1, 0.15) is 24.6 Å². The van der Waals surface area contributed by atoms with Crippen molar-refractivity contribution in [2.24, 2.45) is 0 Å². The van der Waals surface area contributed by atoms with Gasteiger partial charge in [0.15, 0.2) is 11.6 Å². The maximum atomic E-state index is 13.7. The Balaban J connectivity index is 1.58. The molecule has 4 rings (SSSR count). The number of benzene rings is 1. The highest BCUT2D eigenvalue weighted by atomic mass is 19.2. The van der Waals surface area contributed by atoms with E-state index in [0.29, 0.717) is 17.2 Å². The molecule has 0 radical (unpaired) electrons. The molecule has 2 fully saturated rings. The third-order valence-corrected chi connectivity index (χ3v) is 5.49. The second-order valence-corrected chi connectivity index (χ2v) is 7.28. The average Bonchev–Trinajstić information content (AvgIpc) is 3.14. The zero-order valence-electron chi connectivity index (χ0n) is 15.5. The Bertz CT molecular complexity index is 767. The van der Waals surface area contributed by atoms with Crippen LogP contribution in [0, 0.1) is 11.6 Å². The van der Waals surface area contributed by atoms with Crippen molar-refractivity contribution in [2.75, 3.05) is 45.9 Å². The van der Waals surface area contributed by atoms with Crippen LogP contribution in [0.4, 0.5) is 8.78 Å². The first kappa shape index (κ1) is 18.5. The highest BCUT2D eigenvalue weighted by molar-refractivity contribution is 5.58. The summed E-state index contributed by atoms with van der Waals surface area (Å²) < 4.78 is 34.6. The average molecular weight is 376 g/mol. The number of piperidine rings is 1. The Morgan fingerprint density at radius 3 is 2.59 bits per heavy atom. The molecular weight excluding hydrogens is 350 g/mol. The number of ether oxygens (including phenoxy) is 1. The fourth-order valence-electron chi connectivity index (χ4n) is 3.88. The van der Waals surface area contributed by atoms with Gasteiger partial charge in [-0.05, 0) is 44.1 Å². The number of rotatable bonds is 5. The number of aromatic nitrogens is 2. The number of hydrogen-bond donors (Lipinski definition) is 1. The zero-order valence-corrected chi connectivity index (χ0v) is 15.5. The lowest BCUT2D eigenvalue weighted by atomic mass is 9.97. The van der Waals surface area contributed by atoms with Gasteiger partial charge in [-0.2, -0.15) is 0 Å². The molecule has 146 valence electrons. The smallest absolute Gasteiger partial charge is 0.159 e. The van der Waals surface area contributed by atoms with E-state index in [1.54, 1.807) is 6.07 Å². The highest BCUT2D eigenvalue weighted by Crippen LogP contribution is 2.28. The van der Waals surface area contributed by atoms with E-state index in [4.69, 9.17) is 9.72 Å². The monoisotopic (exact) mass is 376 g/mol. The zero-order chi connectivity index (χ0) is 18.6. The molecule has 3 heterocycles. The van der Waals surface area contributed by atoms with Gasteiger partial charge in [0, 0.05) is 43.9 Å². The number of nitrogens with zero attached hydrogens (tertiary/aromatic N) is 3. The quantitative estimate of drug-likeness (QED) is 0.871. The molecule has 7 heteroatoms. The third kappa shape index (κ3) is 4.36. The fraction of sp³-hybridized carbons (Fsp3) is 0.550. The number of morpholine rings is 1. The predicted molar refractivity (Wildman–Crippen MR) is 99.7 cm³/mol. The van der Waals surface area contributed by atoms with Crippen LogP contribution in [-0.2, 0) is 11.3 Å². The van der Waals surface area contributed by atoms with E-state index in [1.807, 2.05) is 6.20 Å². The molecule has 1 aromatic carbocycles. The van der Waals surface area contributed by atoms with Gasteiger partial charge in [0.25, 0.3) is 0 Å². The van der Waals surface area contributed by atoms with Crippen LogP contribution in [0.15, 0.2) is 24.4 Å². The maximum absolute atomic E-state index is 13.7. The Morgan fingerprint density at radius 2 is 1.85 bits per heavy atom. The van der Waals surface area contributed by atoms with Crippen molar-refractivity contribution < 1.29 is 13.5 Å². The van der Waals surface area contributed by atoms with Crippen LogP contribution < -0.4 is 5.32 Å².